The molecule has 152 valence electrons. The molecule has 0 saturated heterocycles. The molecule has 2 aliphatic carbocycles. The van der Waals surface area contributed by atoms with Crippen molar-refractivity contribution in [3.63, 3.8) is 0 Å². The molecule has 0 atom stereocenters. The molecular formula is C24H36F2O. The zero-order chi connectivity index (χ0) is 19.4. The van der Waals surface area contributed by atoms with Crippen molar-refractivity contribution in [1.82, 2.24) is 0 Å². The predicted molar refractivity (Wildman–Crippen MR) is 107 cm³/mol. The minimum atomic E-state index is -0.826. The van der Waals surface area contributed by atoms with Crippen LogP contribution in [0.4, 0.5) is 8.78 Å². The van der Waals surface area contributed by atoms with E-state index in [2.05, 4.69) is 6.92 Å². The molecule has 1 aromatic rings. The minimum absolute atomic E-state index is 0.0403. The number of ether oxygens (including phenoxy) is 1. The van der Waals surface area contributed by atoms with Gasteiger partial charge in [0.25, 0.3) is 0 Å². The fourth-order valence-electron chi connectivity index (χ4n) is 5.38. The van der Waals surface area contributed by atoms with E-state index >= 15 is 0 Å². The molecule has 27 heavy (non-hydrogen) atoms. The zero-order valence-electron chi connectivity index (χ0n) is 17.3. The average Bonchev–Trinajstić information content (AvgIpc) is 2.67. The maximum Gasteiger partial charge on any atom is 0.200 e. The third-order valence-corrected chi connectivity index (χ3v) is 7.22. The Balaban J connectivity index is 1.51. The SMILES string of the molecule is CCOc1cc(C)c(CCC2CCC(C3CCC(C)CC3)CC2)c(F)c1F. The molecule has 0 heterocycles. The van der Waals surface area contributed by atoms with E-state index in [1.165, 1.54) is 51.4 Å². The van der Waals surface area contributed by atoms with Gasteiger partial charge in [-0.2, -0.15) is 4.39 Å². The predicted octanol–water partition coefficient (Wildman–Crippen LogP) is 7.24. The molecular weight excluding hydrogens is 342 g/mol. The molecule has 0 spiro atoms. The van der Waals surface area contributed by atoms with Crippen molar-refractivity contribution < 1.29 is 13.5 Å². The summed E-state index contributed by atoms with van der Waals surface area (Å²) in [6, 6.07) is 1.65. The molecule has 1 aromatic carbocycles. The number of aryl methyl sites for hydroxylation is 1. The van der Waals surface area contributed by atoms with Crippen LogP contribution in [0.5, 0.6) is 5.75 Å². The van der Waals surface area contributed by atoms with Crippen LogP contribution in [0.3, 0.4) is 0 Å². The van der Waals surface area contributed by atoms with E-state index in [1.54, 1.807) is 13.0 Å². The van der Waals surface area contributed by atoms with Gasteiger partial charge >= 0.3 is 0 Å². The lowest BCUT2D eigenvalue weighted by atomic mass is 9.69. The number of benzene rings is 1. The second kappa shape index (κ2) is 9.39. The molecule has 0 aromatic heterocycles. The topological polar surface area (TPSA) is 9.23 Å². The largest absolute Gasteiger partial charge is 0.491 e. The van der Waals surface area contributed by atoms with Crippen LogP contribution in [0.15, 0.2) is 6.07 Å². The Kier molecular flexibility index (Phi) is 7.16. The molecule has 0 unspecified atom stereocenters. The van der Waals surface area contributed by atoms with Gasteiger partial charge in [0.2, 0.25) is 5.82 Å². The van der Waals surface area contributed by atoms with Crippen molar-refractivity contribution in [1.29, 1.82) is 0 Å². The van der Waals surface area contributed by atoms with Gasteiger partial charge in [-0.15, -0.1) is 0 Å². The van der Waals surface area contributed by atoms with Crippen LogP contribution in [-0.4, -0.2) is 6.61 Å². The Morgan fingerprint density at radius 3 is 2.11 bits per heavy atom. The molecule has 0 bridgehead atoms. The highest BCUT2D eigenvalue weighted by molar-refractivity contribution is 5.38. The lowest BCUT2D eigenvalue weighted by molar-refractivity contribution is 0.147. The van der Waals surface area contributed by atoms with Crippen LogP contribution < -0.4 is 4.74 Å². The molecule has 1 nitrogen and oxygen atoms in total. The summed E-state index contributed by atoms with van der Waals surface area (Å²) in [5, 5.41) is 0. The highest BCUT2D eigenvalue weighted by Crippen LogP contribution is 2.42. The van der Waals surface area contributed by atoms with E-state index in [0.29, 0.717) is 24.5 Å². The summed E-state index contributed by atoms with van der Waals surface area (Å²) >= 11 is 0. The van der Waals surface area contributed by atoms with Crippen LogP contribution in [0, 0.1) is 42.2 Å². The zero-order valence-corrected chi connectivity index (χ0v) is 17.3. The van der Waals surface area contributed by atoms with E-state index in [1.807, 2.05) is 6.92 Å². The molecule has 0 radical (unpaired) electrons. The van der Waals surface area contributed by atoms with Crippen LogP contribution in [0.1, 0.15) is 82.8 Å². The van der Waals surface area contributed by atoms with Gasteiger partial charge in [0.15, 0.2) is 11.6 Å². The van der Waals surface area contributed by atoms with Gasteiger partial charge < -0.3 is 4.74 Å². The van der Waals surface area contributed by atoms with E-state index in [-0.39, 0.29) is 5.75 Å². The summed E-state index contributed by atoms with van der Waals surface area (Å²) in [4.78, 5) is 0. The van der Waals surface area contributed by atoms with Crippen LogP contribution in [0.2, 0.25) is 0 Å². The lowest BCUT2D eigenvalue weighted by Gasteiger charge is -2.37. The number of hydrogen-bond donors (Lipinski definition) is 0. The molecule has 0 amide bonds. The van der Waals surface area contributed by atoms with Crippen molar-refractivity contribution in [2.24, 2.45) is 23.7 Å². The number of hydrogen-bond acceptors (Lipinski definition) is 1. The van der Waals surface area contributed by atoms with Crippen LogP contribution >= 0.6 is 0 Å². The third-order valence-electron chi connectivity index (χ3n) is 7.22. The van der Waals surface area contributed by atoms with Gasteiger partial charge in [-0.3, -0.25) is 0 Å². The van der Waals surface area contributed by atoms with E-state index < -0.39 is 11.6 Å². The number of rotatable bonds is 6. The van der Waals surface area contributed by atoms with Crippen molar-refractivity contribution >= 4 is 0 Å². The first-order valence-electron chi connectivity index (χ1n) is 11.1. The second-order valence-electron chi connectivity index (χ2n) is 9.07. The van der Waals surface area contributed by atoms with Gasteiger partial charge in [-0.1, -0.05) is 32.6 Å². The van der Waals surface area contributed by atoms with E-state index in [4.69, 9.17) is 4.74 Å². The van der Waals surface area contributed by atoms with Gasteiger partial charge in [-0.05, 0) is 93.2 Å². The first-order valence-corrected chi connectivity index (χ1v) is 11.1. The molecule has 2 fully saturated rings. The Morgan fingerprint density at radius 1 is 0.926 bits per heavy atom. The Hall–Kier alpha value is -1.12. The first-order chi connectivity index (χ1) is 13.0. The molecule has 0 N–H and O–H groups in total. The smallest absolute Gasteiger partial charge is 0.200 e. The molecule has 0 aliphatic heterocycles. The fraction of sp³-hybridized carbons (Fsp3) is 0.750. The van der Waals surface area contributed by atoms with Gasteiger partial charge in [0, 0.05) is 0 Å². The van der Waals surface area contributed by atoms with Gasteiger partial charge in [0.05, 0.1) is 6.61 Å². The summed E-state index contributed by atoms with van der Waals surface area (Å²) in [5.74, 6) is 1.95. The van der Waals surface area contributed by atoms with Crippen LogP contribution in [0.25, 0.3) is 0 Å². The molecule has 3 rings (SSSR count). The van der Waals surface area contributed by atoms with Crippen molar-refractivity contribution in [2.75, 3.05) is 6.61 Å². The van der Waals surface area contributed by atoms with Crippen molar-refractivity contribution in [2.45, 2.75) is 85.0 Å². The van der Waals surface area contributed by atoms with Crippen molar-refractivity contribution in [3.05, 3.63) is 28.8 Å². The Labute approximate surface area is 163 Å². The Morgan fingerprint density at radius 2 is 1.52 bits per heavy atom. The summed E-state index contributed by atoms with van der Waals surface area (Å²) < 4.78 is 33.9. The monoisotopic (exact) mass is 378 g/mol. The normalized spacial score (nSPS) is 28.9. The first kappa shape index (κ1) is 20.6. The van der Waals surface area contributed by atoms with Crippen molar-refractivity contribution in [3.8, 4) is 5.75 Å². The van der Waals surface area contributed by atoms with Gasteiger partial charge in [0.1, 0.15) is 0 Å². The lowest BCUT2D eigenvalue weighted by Crippen LogP contribution is -2.25. The highest BCUT2D eigenvalue weighted by Gasteiger charge is 2.30. The quantitative estimate of drug-likeness (QED) is 0.507. The summed E-state index contributed by atoms with van der Waals surface area (Å²) in [5.41, 5.74) is 1.35. The minimum Gasteiger partial charge on any atom is -0.491 e. The van der Waals surface area contributed by atoms with E-state index in [9.17, 15) is 8.78 Å². The summed E-state index contributed by atoms with van der Waals surface area (Å²) in [7, 11) is 0. The summed E-state index contributed by atoms with van der Waals surface area (Å²) in [6.07, 6.45) is 12.5. The number of halogens is 2. The Bertz CT molecular complexity index is 611. The fourth-order valence-corrected chi connectivity index (χ4v) is 5.38. The van der Waals surface area contributed by atoms with Crippen LogP contribution in [-0.2, 0) is 6.42 Å². The average molecular weight is 379 g/mol. The summed E-state index contributed by atoms with van der Waals surface area (Å²) in [6.45, 7) is 6.38. The third kappa shape index (κ3) is 5.03. The van der Waals surface area contributed by atoms with E-state index in [0.717, 1.165) is 29.7 Å². The molecule has 2 aliphatic rings. The maximum absolute atomic E-state index is 14.5. The second-order valence-corrected chi connectivity index (χ2v) is 9.07. The molecule has 3 heteroatoms. The highest BCUT2D eigenvalue weighted by atomic mass is 19.2. The maximum atomic E-state index is 14.5. The standard InChI is InChI=1S/C24H36F2O/c1-4-27-22-15-17(3)21(23(25)24(22)26)14-9-18-7-12-20(13-8-18)19-10-5-16(2)6-11-19/h15-16,18-20H,4-14H2,1-3H3. The van der Waals surface area contributed by atoms with Gasteiger partial charge in [-0.25, -0.2) is 4.39 Å². The molecule has 2 saturated carbocycles.